The van der Waals surface area contributed by atoms with Crippen molar-refractivity contribution < 1.29 is 22.3 Å². The molecule has 2 N–H and O–H groups in total. The van der Waals surface area contributed by atoms with E-state index in [1.165, 1.54) is 36.4 Å². The molecule has 0 aliphatic heterocycles. The Labute approximate surface area is 174 Å². The number of nitrogens with one attached hydrogen (secondary N) is 2. The van der Waals surface area contributed by atoms with Gasteiger partial charge in [-0.15, -0.1) is 0 Å². The topological polar surface area (TPSA) is 84.5 Å². The number of aryl methyl sites for hydroxylation is 1. The van der Waals surface area contributed by atoms with Crippen molar-refractivity contribution in [1.29, 1.82) is 0 Å². The summed E-state index contributed by atoms with van der Waals surface area (Å²) in [6.07, 6.45) is 0. The first-order valence-electron chi connectivity index (χ1n) is 9.22. The third kappa shape index (κ3) is 5.15. The van der Waals surface area contributed by atoms with E-state index in [4.69, 9.17) is 4.74 Å². The molecule has 3 rings (SSSR count). The second kappa shape index (κ2) is 8.96. The molecule has 8 heteroatoms. The Balaban J connectivity index is 1.78. The molecule has 0 saturated carbocycles. The molecule has 0 heterocycles. The van der Waals surface area contributed by atoms with Gasteiger partial charge in [0.2, 0.25) is 0 Å². The van der Waals surface area contributed by atoms with Gasteiger partial charge < -0.3 is 10.1 Å². The van der Waals surface area contributed by atoms with Gasteiger partial charge in [-0.05, 0) is 74.0 Å². The molecule has 0 fully saturated rings. The van der Waals surface area contributed by atoms with Gasteiger partial charge in [0.05, 0.1) is 17.2 Å². The molecule has 1 amide bonds. The molecular weight excluding hydrogens is 407 g/mol. The first kappa shape index (κ1) is 21.3. The van der Waals surface area contributed by atoms with Gasteiger partial charge in [0.25, 0.3) is 15.9 Å². The van der Waals surface area contributed by atoms with Crippen LogP contribution in [0.15, 0.2) is 71.6 Å². The zero-order chi connectivity index (χ0) is 21.7. The summed E-state index contributed by atoms with van der Waals surface area (Å²) in [4.78, 5) is 12.4. The molecule has 0 aromatic heterocycles. The summed E-state index contributed by atoms with van der Waals surface area (Å²) in [6.45, 7) is 4.10. The van der Waals surface area contributed by atoms with Crippen LogP contribution in [0.5, 0.6) is 5.75 Å². The van der Waals surface area contributed by atoms with Crippen molar-refractivity contribution in [3.8, 4) is 5.75 Å². The summed E-state index contributed by atoms with van der Waals surface area (Å²) in [6, 6.07) is 16.4. The van der Waals surface area contributed by atoms with E-state index >= 15 is 0 Å². The Morgan fingerprint density at radius 1 is 1.03 bits per heavy atom. The summed E-state index contributed by atoms with van der Waals surface area (Å²) in [5.41, 5.74) is 1.19. The first-order chi connectivity index (χ1) is 14.3. The van der Waals surface area contributed by atoms with Crippen LogP contribution in [0.1, 0.15) is 22.8 Å². The van der Waals surface area contributed by atoms with Crippen molar-refractivity contribution in [3.05, 3.63) is 83.7 Å². The normalized spacial score (nSPS) is 11.0. The van der Waals surface area contributed by atoms with Crippen LogP contribution in [0.3, 0.4) is 0 Å². The van der Waals surface area contributed by atoms with Gasteiger partial charge in [-0.3, -0.25) is 9.52 Å². The Morgan fingerprint density at radius 2 is 1.77 bits per heavy atom. The quantitative estimate of drug-likeness (QED) is 0.577. The SMILES string of the molecule is CCOc1ccc(NS(=O)(=O)c2cccc(C(=O)Nc3ccc(C)cc3F)c2)cc1. The van der Waals surface area contributed by atoms with Crippen LogP contribution in [0, 0.1) is 12.7 Å². The van der Waals surface area contributed by atoms with Gasteiger partial charge >= 0.3 is 0 Å². The van der Waals surface area contributed by atoms with Crippen molar-refractivity contribution in [2.75, 3.05) is 16.6 Å². The largest absolute Gasteiger partial charge is 0.494 e. The number of carbonyl (C=O) groups excluding carboxylic acids is 1. The third-order valence-corrected chi connectivity index (χ3v) is 5.58. The average molecular weight is 428 g/mol. The van der Waals surface area contributed by atoms with Gasteiger partial charge in [-0.1, -0.05) is 12.1 Å². The first-order valence-corrected chi connectivity index (χ1v) is 10.7. The molecule has 30 heavy (non-hydrogen) atoms. The predicted molar refractivity (Wildman–Crippen MR) is 114 cm³/mol. The molecule has 3 aromatic rings. The summed E-state index contributed by atoms with van der Waals surface area (Å²) in [5, 5.41) is 2.46. The minimum Gasteiger partial charge on any atom is -0.494 e. The van der Waals surface area contributed by atoms with Crippen molar-refractivity contribution >= 4 is 27.3 Å². The predicted octanol–water partition coefficient (Wildman–Crippen LogP) is 4.59. The molecule has 0 unspecified atom stereocenters. The lowest BCUT2D eigenvalue weighted by Crippen LogP contribution is -2.16. The number of carbonyl (C=O) groups is 1. The van der Waals surface area contributed by atoms with E-state index in [1.54, 1.807) is 37.3 Å². The van der Waals surface area contributed by atoms with Crippen LogP contribution in [0.25, 0.3) is 0 Å². The van der Waals surface area contributed by atoms with E-state index in [2.05, 4.69) is 10.0 Å². The maximum atomic E-state index is 14.0. The van der Waals surface area contributed by atoms with Crippen molar-refractivity contribution in [2.45, 2.75) is 18.7 Å². The lowest BCUT2D eigenvalue weighted by atomic mass is 10.2. The Morgan fingerprint density at radius 3 is 2.43 bits per heavy atom. The van der Waals surface area contributed by atoms with Gasteiger partial charge in [-0.25, -0.2) is 12.8 Å². The fraction of sp³-hybridized carbons (Fsp3) is 0.136. The van der Waals surface area contributed by atoms with Crippen LogP contribution in [0.2, 0.25) is 0 Å². The van der Waals surface area contributed by atoms with Gasteiger partial charge in [0.15, 0.2) is 0 Å². The molecule has 3 aromatic carbocycles. The van der Waals surface area contributed by atoms with E-state index in [1.807, 2.05) is 6.92 Å². The number of sulfonamides is 1. The molecule has 0 spiro atoms. The average Bonchev–Trinajstić information content (AvgIpc) is 2.71. The third-order valence-electron chi connectivity index (χ3n) is 4.20. The second-order valence-corrected chi connectivity index (χ2v) is 8.21. The second-order valence-electron chi connectivity index (χ2n) is 6.53. The molecule has 156 valence electrons. The van der Waals surface area contributed by atoms with E-state index in [-0.39, 0.29) is 16.1 Å². The number of halogens is 1. The van der Waals surface area contributed by atoms with E-state index in [0.717, 1.165) is 5.56 Å². The summed E-state index contributed by atoms with van der Waals surface area (Å²) < 4.78 is 47.2. The monoisotopic (exact) mass is 428 g/mol. The Bertz CT molecular complexity index is 1160. The lowest BCUT2D eigenvalue weighted by Gasteiger charge is -2.11. The maximum Gasteiger partial charge on any atom is 0.261 e. The van der Waals surface area contributed by atoms with Gasteiger partial charge in [0, 0.05) is 11.3 Å². The van der Waals surface area contributed by atoms with Crippen molar-refractivity contribution in [1.82, 2.24) is 0 Å². The maximum absolute atomic E-state index is 14.0. The number of benzene rings is 3. The number of amides is 1. The highest BCUT2D eigenvalue weighted by Gasteiger charge is 2.17. The van der Waals surface area contributed by atoms with E-state index in [0.29, 0.717) is 18.0 Å². The Hall–Kier alpha value is -3.39. The number of rotatable bonds is 7. The molecule has 0 aliphatic rings. The molecule has 0 radical (unpaired) electrons. The van der Waals surface area contributed by atoms with E-state index < -0.39 is 21.7 Å². The fourth-order valence-corrected chi connectivity index (χ4v) is 3.82. The minimum absolute atomic E-state index is 0.0198. The highest BCUT2D eigenvalue weighted by atomic mass is 32.2. The molecular formula is C22H21FN2O4S. The highest BCUT2D eigenvalue weighted by molar-refractivity contribution is 7.92. The fourth-order valence-electron chi connectivity index (χ4n) is 2.72. The van der Waals surface area contributed by atoms with Crippen molar-refractivity contribution in [2.24, 2.45) is 0 Å². The minimum atomic E-state index is -3.93. The molecule has 6 nitrogen and oxygen atoms in total. The number of hydrogen-bond donors (Lipinski definition) is 2. The van der Waals surface area contributed by atoms with Crippen LogP contribution in [-0.2, 0) is 10.0 Å². The number of anilines is 2. The van der Waals surface area contributed by atoms with Crippen LogP contribution < -0.4 is 14.8 Å². The van der Waals surface area contributed by atoms with Crippen molar-refractivity contribution in [3.63, 3.8) is 0 Å². The van der Waals surface area contributed by atoms with Crippen LogP contribution in [-0.4, -0.2) is 20.9 Å². The summed E-state index contributed by atoms with van der Waals surface area (Å²) in [7, 11) is -3.93. The standard InChI is InChI=1S/C22H21FN2O4S/c1-3-29-18-10-8-17(9-11-18)25-30(27,28)19-6-4-5-16(14-19)22(26)24-21-12-7-15(2)13-20(21)23/h4-14,25H,3H2,1-2H3,(H,24,26). The van der Waals surface area contributed by atoms with Gasteiger partial charge in [0.1, 0.15) is 11.6 Å². The number of hydrogen-bond acceptors (Lipinski definition) is 4. The smallest absolute Gasteiger partial charge is 0.261 e. The van der Waals surface area contributed by atoms with Crippen LogP contribution >= 0.6 is 0 Å². The summed E-state index contributed by atoms with van der Waals surface area (Å²) >= 11 is 0. The zero-order valence-electron chi connectivity index (χ0n) is 16.5. The van der Waals surface area contributed by atoms with Crippen LogP contribution in [0.4, 0.5) is 15.8 Å². The van der Waals surface area contributed by atoms with E-state index in [9.17, 15) is 17.6 Å². The molecule has 0 aliphatic carbocycles. The molecule has 0 saturated heterocycles. The summed E-state index contributed by atoms with van der Waals surface area (Å²) in [5.74, 6) is -0.553. The lowest BCUT2D eigenvalue weighted by molar-refractivity contribution is 0.102. The molecule has 0 bridgehead atoms. The van der Waals surface area contributed by atoms with Gasteiger partial charge in [-0.2, -0.15) is 0 Å². The molecule has 0 atom stereocenters. The highest BCUT2D eigenvalue weighted by Crippen LogP contribution is 2.21. The number of ether oxygens (including phenoxy) is 1. The Kier molecular flexibility index (Phi) is 6.37. The zero-order valence-corrected chi connectivity index (χ0v) is 17.3.